The molecule has 0 fully saturated rings. The molecule has 2 aromatic carbocycles. The van der Waals surface area contributed by atoms with Gasteiger partial charge in [-0.2, -0.15) is 0 Å². The Morgan fingerprint density at radius 1 is 1.05 bits per heavy atom. The lowest BCUT2D eigenvalue weighted by Crippen LogP contribution is -2.29. The molecule has 1 amide bonds. The minimum absolute atomic E-state index is 0.000122. The van der Waals surface area contributed by atoms with Crippen molar-refractivity contribution < 1.29 is 9.90 Å². The summed E-state index contributed by atoms with van der Waals surface area (Å²) < 4.78 is 1.95. The van der Waals surface area contributed by atoms with E-state index in [2.05, 4.69) is 5.32 Å². The Kier molecular flexibility index (Phi) is 4.10. The third-order valence-electron chi connectivity index (χ3n) is 3.67. The van der Waals surface area contributed by atoms with Crippen molar-refractivity contribution in [1.29, 1.82) is 0 Å². The fourth-order valence-electron chi connectivity index (χ4n) is 2.50. The summed E-state index contributed by atoms with van der Waals surface area (Å²) in [5.41, 5.74) is 2.15. The van der Waals surface area contributed by atoms with Crippen LogP contribution in [0.4, 0.5) is 0 Å². The van der Waals surface area contributed by atoms with Crippen LogP contribution in [0.25, 0.3) is 10.9 Å². The molecule has 0 atom stereocenters. The van der Waals surface area contributed by atoms with Gasteiger partial charge in [0.15, 0.2) is 0 Å². The van der Waals surface area contributed by atoms with E-state index in [1.54, 1.807) is 12.1 Å². The van der Waals surface area contributed by atoms with Crippen molar-refractivity contribution in [2.75, 3.05) is 6.54 Å². The van der Waals surface area contributed by atoms with Crippen molar-refractivity contribution in [2.24, 2.45) is 0 Å². The number of phenolic OH excluding ortho intramolecular Hbond substituents is 1. The van der Waals surface area contributed by atoms with Crippen molar-refractivity contribution in [3.8, 4) is 5.75 Å². The van der Waals surface area contributed by atoms with E-state index in [4.69, 9.17) is 0 Å². The van der Waals surface area contributed by atoms with E-state index in [1.165, 1.54) is 0 Å². The van der Waals surface area contributed by atoms with Crippen LogP contribution >= 0.6 is 0 Å². The molecule has 4 heteroatoms. The number of amides is 1. The summed E-state index contributed by atoms with van der Waals surface area (Å²) in [6, 6.07) is 17.1. The van der Waals surface area contributed by atoms with E-state index in [0.29, 0.717) is 13.1 Å². The highest BCUT2D eigenvalue weighted by molar-refractivity contribution is 5.83. The maximum absolute atomic E-state index is 12.0. The number of fused-ring (bicyclic) bond motifs is 1. The van der Waals surface area contributed by atoms with Crippen LogP contribution in [0.2, 0.25) is 0 Å². The second kappa shape index (κ2) is 6.35. The molecule has 112 valence electrons. The summed E-state index contributed by atoms with van der Waals surface area (Å²) in [6.07, 6.45) is 2.68. The Bertz CT molecular complexity index is 775. The number of para-hydroxylation sites is 1. The number of carbonyl (C=O) groups excluding carboxylic acids is 1. The van der Waals surface area contributed by atoms with Gasteiger partial charge in [0.2, 0.25) is 5.91 Å². The lowest BCUT2D eigenvalue weighted by atomic mass is 10.1. The fourth-order valence-corrected chi connectivity index (χ4v) is 2.50. The highest BCUT2D eigenvalue weighted by atomic mass is 16.3. The van der Waals surface area contributed by atoms with Gasteiger partial charge in [0.25, 0.3) is 0 Å². The molecule has 0 saturated carbocycles. The molecule has 0 aliphatic rings. The number of hydrogen-bond donors (Lipinski definition) is 2. The highest BCUT2D eigenvalue weighted by Gasteiger charge is 2.05. The van der Waals surface area contributed by atoms with E-state index in [9.17, 15) is 9.90 Å². The summed E-state index contributed by atoms with van der Waals surface area (Å²) in [5, 5.41) is 13.3. The highest BCUT2D eigenvalue weighted by Crippen LogP contribution is 2.14. The first kappa shape index (κ1) is 14.2. The van der Waals surface area contributed by atoms with E-state index in [-0.39, 0.29) is 11.7 Å². The Morgan fingerprint density at radius 2 is 1.82 bits per heavy atom. The van der Waals surface area contributed by atoms with Crippen LogP contribution in [0, 0.1) is 0 Å². The van der Waals surface area contributed by atoms with Crippen molar-refractivity contribution in [3.05, 3.63) is 66.4 Å². The zero-order chi connectivity index (χ0) is 15.4. The van der Waals surface area contributed by atoms with Crippen molar-refractivity contribution in [1.82, 2.24) is 9.88 Å². The van der Waals surface area contributed by atoms with Gasteiger partial charge in [-0.1, -0.05) is 30.3 Å². The van der Waals surface area contributed by atoms with Gasteiger partial charge in [-0.25, -0.2) is 0 Å². The molecule has 0 spiro atoms. The van der Waals surface area contributed by atoms with Gasteiger partial charge in [-0.15, -0.1) is 0 Å². The number of benzene rings is 2. The smallest absolute Gasteiger partial charge is 0.239 e. The van der Waals surface area contributed by atoms with E-state index in [1.807, 2.05) is 53.2 Å². The van der Waals surface area contributed by atoms with Crippen LogP contribution in [-0.4, -0.2) is 22.1 Å². The fraction of sp³-hybridized carbons (Fsp3) is 0.167. The molecule has 1 aromatic heterocycles. The third kappa shape index (κ3) is 3.28. The van der Waals surface area contributed by atoms with Gasteiger partial charge in [0, 0.05) is 18.3 Å². The maximum Gasteiger partial charge on any atom is 0.239 e. The lowest BCUT2D eigenvalue weighted by molar-refractivity contribution is -0.121. The van der Waals surface area contributed by atoms with E-state index in [0.717, 1.165) is 22.9 Å². The number of nitrogens with zero attached hydrogens (tertiary/aromatic N) is 1. The predicted molar refractivity (Wildman–Crippen MR) is 86.8 cm³/mol. The van der Waals surface area contributed by atoms with Crippen LogP contribution in [-0.2, 0) is 17.8 Å². The molecule has 0 saturated heterocycles. The average molecular weight is 294 g/mol. The normalized spacial score (nSPS) is 10.7. The SMILES string of the molecule is O=C(Cn1ccc2ccccc21)NCCc1ccc(O)cc1. The second-order valence-electron chi connectivity index (χ2n) is 5.27. The molecule has 0 aliphatic heterocycles. The first-order valence-electron chi connectivity index (χ1n) is 7.31. The Labute approximate surface area is 129 Å². The molecule has 4 nitrogen and oxygen atoms in total. The third-order valence-corrected chi connectivity index (χ3v) is 3.67. The Hall–Kier alpha value is -2.75. The molecule has 0 bridgehead atoms. The molecule has 0 radical (unpaired) electrons. The summed E-state index contributed by atoms with van der Waals surface area (Å²) in [7, 11) is 0. The summed E-state index contributed by atoms with van der Waals surface area (Å²) in [5.74, 6) is 0.257. The number of rotatable bonds is 5. The van der Waals surface area contributed by atoms with Gasteiger partial charge < -0.3 is 15.0 Å². The summed E-state index contributed by atoms with van der Waals surface area (Å²) in [4.78, 5) is 12.0. The van der Waals surface area contributed by atoms with Crippen molar-refractivity contribution in [3.63, 3.8) is 0 Å². The monoisotopic (exact) mass is 294 g/mol. The summed E-state index contributed by atoms with van der Waals surface area (Å²) >= 11 is 0. The quantitative estimate of drug-likeness (QED) is 0.760. The molecule has 2 N–H and O–H groups in total. The van der Waals surface area contributed by atoms with Crippen LogP contribution in [0.15, 0.2) is 60.8 Å². The van der Waals surface area contributed by atoms with Gasteiger partial charge in [0.05, 0.1) is 0 Å². The van der Waals surface area contributed by atoms with E-state index >= 15 is 0 Å². The average Bonchev–Trinajstić information content (AvgIpc) is 2.93. The molecule has 1 heterocycles. The first-order valence-corrected chi connectivity index (χ1v) is 7.31. The van der Waals surface area contributed by atoms with Crippen molar-refractivity contribution >= 4 is 16.8 Å². The molecule has 0 unspecified atom stereocenters. The molecule has 0 aliphatic carbocycles. The number of carbonyl (C=O) groups is 1. The van der Waals surface area contributed by atoms with Crippen LogP contribution in [0.5, 0.6) is 5.75 Å². The number of aromatic hydroxyl groups is 1. The molecular weight excluding hydrogens is 276 g/mol. The minimum Gasteiger partial charge on any atom is -0.508 e. The zero-order valence-electron chi connectivity index (χ0n) is 12.2. The standard InChI is InChI=1S/C18H18N2O2/c21-16-7-5-14(6-8-16)9-11-19-18(22)13-20-12-10-15-3-1-2-4-17(15)20/h1-8,10,12,21H,9,11,13H2,(H,19,22). The predicted octanol–water partition coefficient (Wildman–Crippen LogP) is 2.71. The topological polar surface area (TPSA) is 54.3 Å². The number of aromatic nitrogens is 1. The van der Waals surface area contributed by atoms with Crippen LogP contribution in [0.3, 0.4) is 0 Å². The number of hydrogen-bond acceptors (Lipinski definition) is 2. The van der Waals surface area contributed by atoms with E-state index < -0.39 is 0 Å². The zero-order valence-corrected chi connectivity index (χ0v) is 12.2. The number of phenols is 1. The number of nitrogens with one attached hydrogen (secondary N) is 1. The molecule has 3 rings (SSSR count). The minimum atomic E-state index is 0.000122. The Balaban J connectivity index is 1.53. The largest absolute Gasteiger partial charge is 0.508 e. The lowest BCUT2D eigenvalue weighted by Gasteiger charge is -2.07. The van der Waals surface area contributed by atoms with Crippen LogP contribution < -0.4 is 5.32 Å². The molecule has 22 heavy (non-hydrogen) atoms. The molecular formula is C18H18N2O2. The maximum atomic E-state index is 12.0. The van der Waals surface area contributed by atoms with Gasteiger partial charge >= 0.3 is 0 Å². The van der Waals surface area contributed by atoms with Crippen molar-refractivity contribution in [2.45, 2.75) is 13.0 Å². The van der Waals surface area contributed by atoms with Gasteiger partial charge in [0.1, 0.15) is 12.3 Å². The summed E-state index contributed by atoms with van der Waals surface area (Å²) in [6.45, 7) is 0.909. The first-order chi connectivity index (χ1) is 10.7. The van der Waals surface area contributed by atoms with Crippen LogP contribution in [0.1, 0.15) is 5.56 Å². The second-order valence-corrected chi connectivity index (χ2v) is 5.27. The van der Waals surface area contributed by atoms with Gasteiger partial charge in [-0.05, 0) is 41.6 Å². The van der Waals surface area contributed by atoms with Gasteiger partial charge in [-0.3, -0.25) is 4.79 Å². The molecule has 3 aromatic rings. The Morgan fingerprint density at radius 3 is 2.64 bits per heavy atom.